The van der Waals surface area contributed by atoms with Gasteiger partial charge in [-0.1, -0.05) is 29.3 Å². The number of benzene rings is 2. The number of hydrogen-bond acceptors (Lipinski definition) is 7. The molecule has 3 N–H and O–H groups in total. The van der Waals surface area contributed by atoms with E-state index in [9.17, 15) is 19.8 Å². The van der Waals surface area contributed by atoms with Gasteiger partial charge in [-0.3, -0.25) is 9.78 Å². The summed E-state index contributed by atoms with van der Waals surface area (Å²) in [5.74, 6) is 0.640. The van der Waals surface area contributed by atoms with E-state index in [1.54, 1.807) is 31.6 Å². The molecule has 4 aromatic rings. The van der Waals surface area contributed by atoms with Crippen LogP contribution < -0.4 is 10.2 Å². The highest BCUT2D eigenvalue weighted by molar-refractivity contribution is 6.37. The molecule has 9 nitrogen and oxygen atoms in total. The fourth-order valence-electron chi connectivity index (χ4n) is 5.20. The molecule has 1 atom stereocenters. The van der Waals surface area contributed by atoms with E-state index in [0.29, 0.717) is 41.1 Å². The molecule has 6 rings (SSSR count). The molecule has 2 aromatic carbocycles. The maximum atomic E-state index is 13.3. The van der Waals surface area contributed by atoms with Crippen molar-refractivity contribution in [1.82, 2.24) is 14.9 Å². The first-order valence-corrected chi connectivity index (χ1v) is 14.0. The van der Waals surface area contributed by atoms with Crippen molar-refractivity contribution in [2.75, 3.05) is 30.4 Å². The van der Waals surface area contributed by atoms with Gasteiger partial charge in [0.2, 0.25) is 0 Å². The van der Waals surface area contributed by atoms with E-state index in [-0.39, 0.29) is 33.5 Å². The van der Waals surface area contributed by atoms with Gasteiger partial charge in [0.15, 0.2) is 11.5 Å². The Morgan fingerprint density at radius 1 is 1.00 bits per heavy atom. The Morgan fingerprint density at radius 3 is 2.41 bits per heavy atom. The van der Waals surface area contributed by atoms with Crippen LogP contribution >= 0.6 is 23.2 Å². The lowest BCUT2D eigenvalue weighted by atomic mass is 9.99. The van der Waals surface area contributed by atoms with Crippen LogP contribution in [0.2, 0.25) is 10.0 Å². The number of nitrogens with one attached hydrogen (secondary N) is 1. The fraction of sp³-hybridized carbons (Fsp3) is 0.267. The predicted molar refractivity (Wildman–Crippen MR) is 160 cm³/mol. The number of nitrogens with zero attached hydrogens (tertiary/aromatic N) is 4. The van der Waals surface area contributed by atoms with Crippen molar-refractivity contribution in [3.63, 3.8) is 0 Å². The normalized spacial score (nSPS) is 16.7. The molecular formula is C30H27Cl2N5O4. The number of Topliss-reactive ketones (excluding diaryl/α,β-unsaturated/α-hetero) is 1. The molecule has 0 radical (unpaired) electrons. The topological polar surface area (TPSA) is 119 Å². The third-order valence-corrected chi connectivity index (χ3v) is 8.36. The highest BCUT2D eigenvalue weighted by Gasteiger charge is 2.33. The van der Waals surface area contributed by atoms with Gasteiger partial charge in [-0.25, -0.2) is 9.78 Å². The van der Waals surface area contributed by atoms with Gasteiger partial charge in [-0.05, 0) is 66.8 Å². The van der Waals surface area contributed by atoms with Crippen LogP contribution in [0.1, 0.15) is 29.6 Å². The minimum Gasteiger partial charge on any atom is -0.505 e. The van der Waals surface area contributed by atoms with Crippen molar-refractivity contribution >= 4 is 63.2 Å². The van der Waals surface area contributed by atoms with Crippen molar-refractivity contribution in [3.8, 4) is 16.9 Å². The average Bonchev–Trinajstić information content (AvgIpc) is 3.71. The summed E-state index contributed by atoms with van der Waals surface area (Å²) in [6, 6.07) is 12.7. The average molecular weight is 592 g/mol. The molecule has 0 bridgehead atoms. The summed E-state index contributed by atoms with van der Waals surface area (Å²) in [7, 11) is 1.59. The summed E-state index contributed by atoms with van der Waals surface area (Å²) >= 11 is 12.4. The summed E-state index contributed by atoms with van der Waals surface area (Å²) in [5.41, 5.74) is 4.07. The maximum absolute atomic E-state index is 13.3. The smallest absolute Gasteiger partial charge is 0.407 e. The Morgan fingerprint density at radius 2 is 1.76 bits per heavy atom. The molecular weight excluding hydrogens is 565 g/mol. The number of pyridine rings is 2. The molecule has 1 saturated heterocycles. The lowest BCUT2D eigenvalue weighted by molar-refractivity contribution is 0.0968. The molecule has 1 aliphatic carbocycles. The van der Waals surface area contributed by atoms with Crippen LogP contribution in [0.25, 0.3) is 22.0 Å². The highest BCUT2D eigenvalue weighted by atomic mass is 35.5. The lowest BCUT2D eigenvalue weighted by Crippen LogP contribution is -2.38. The van der Waals surface area contributed by atoms with Crippen molar-refractivity contribution in [1.29, 1.82) is 0 Å². The number of fused-ring (bicyclic) bond motifs is 1. The molecule has 3 heterocycles. The molecule has 210 valence electrons. The zero-order chi connectivity index (χ0) is 28.8. The number of aromatic hydroxyl groups is 1. The van der Waals surface area contributed by atoms with Gasteiger partial charge in [0, 0.05) is 37.6 Å². The summed E-state index contributed by atoms with van der Waals surface area (Å²) in [5, 5.41) is 23.8. The Kier molecular flexibility index (Phi) is 7.09. The number of phenols is 1. The second-order valence-electron chi connectivity index (χ2n) is 10.5. The van der Waals surface area contributed by atoms with Gasteiger partial charge in [0.25, 0.3) is 0 Å². The first kappa shape index (κ1) is 27.1. The monoisotopic (exact) mass is 591 g/mol. The SMILES string of the molecule is CN(C(=O)O)C1CCN(c2ccc(Nc3c(C(=O)C4CC4)cnc4ccc(-c5cc(Cl)c(O)c(Cl)c5)cc34)cn2)C1. The van der Waals surface area contributed by atoms with E-state index in [1.807, 2.05) is 30.3 Å². The minimum atomic E-state index is -0.940. The number of halogens is 2. The second-order valence-corrected chi connectivity index (χ2v) is 11.3. The van der Waals surface area contributed by atoms with Crippen molar-refractivity contribution in [2.24, 2.45) is 5.92 Å². The predicted octanol–water partition coefficient (Wildman–Crippen LogP) is 6.83. The maximum Gasteiger partial charge on any atom is 0.407 e. The molecule has 2 aliphatic rings. The Bertz CT molecular complexity index is 1650. The number of ketones is 1. The number of rotatable bonds is 7. The van der Waals surface area contributed by atoms with Gasteiger partial charge in [-0.2, -0.15) is 0 Å². The third kappa shape index (κ3) is 5.35. The summed E-state index contributed by atoms with van der Waals surface area (Å²) in [4.78, 5) is 37.3. The minimum absolute atomic E-state index is 0.000224. The van der Waals surface area contributed by atoms with Gasteiger partial charge in [0.1, 0.15) is 5.82 Å². The van der Waals surface area contributed by atoms with Crippen molar-refractivity contribution in [2.45, 2.75) is 25.3 Å². The van der Waals surface area contributed by atoms with Gasteiger partial charge in [-0.15, -0.1) is 0 Å². The molecule has 11 heteroatoms. The van der Waals surface area contributed by atoms with Crippen LogP contribution in [-0.2, 0) is 0 Å². The van der Waals surface area contributed by atoms with E-state index in [1.165, 1.54) is 4.90 Å². The number of carboxylic acid groups (broad SMARTS) is 1. The zero-order valence-electron chi connectivity index (χ0n) is 22.1. The van der Waals surface area contributed by atoms with Crippen LogP contribution in [-0.4, -0.2) is 63.1 Å². The molecule has 2 fully saturated rings. The molecule has 1 aliphatic heterocycles. The van der Waals surface area contributed by atoms with E-state index in [2.05, 4.69) is 20.2 Å². The summed E-state index contributed by atoms with van der Waals surface area (Å²) < 4.78 is 0. The molecule has 1 amide bonds. The van der Waals surface area contributed by atoms with Crippen molar-refractivity contribution in [3.05, 3.63) is 70.5 Å². The number of aromatic nitrogens is 2. The number of likely N-dealkylation sites (N-methyl/N-ethyl adjacent to an activating group) is 1. The number of carbonyl (C=O) groups excluding carboxylic acids is 1. The number of carbonyl (C=O) groups is 2. The Hall–Kier alpha value is -4.08. The first-order chi connectivity index (χ1) is 19.7. The van der Waals surface area contributed by atoms with Crippen LogP contribution in [0.5, 0.6) is 5.75 Å². The summed E-state index contributed by atoms with van der Waals surface area (Å²) in [6.07, 6.45) is 4.87. The number of phenolic OH excluding ortho intramolecular Hbond substituents is 1. The fourth-order valence-corrected chi connectivity index (χ4v) is 5.69. The van der Waals surface area contributed by atoms with Crippen molar-refractivity contribution < 1.29 is 19.8 Å². The van der Waals surface area contributed by atoms with Crippen LogP contribution in [0.15, 0.2) is 54.9 Å². The molecule has 2 aromatic heterocycles. The molecule has 1 saturated carbocycles. The van der Waals surface area contributed by atoms with Gasteiger partial charge < -0.3 is 25.3 Å². The van der Waals surface area contributed by atoms with Crippen LogP contribution in [0.3, 0.4) is 0 Å². The molecule has 41 heavy (non-hydrogen) atoms. The lowest BCUT2D eigenvalue weighted by Gasteiger charge is -2.22. The number of anilines is 3. The highest BCUT2D eigenvalue weighted by Crippen LogP contribution is 2.40. The number of hydrogen-bond donors (Lipinski definition) is 3. The Labute approximate surface area is 246 Å². The Balaban J connectivity index is 1.34. The third-order valence-electron chi connectivity index (χ3n) is 7.79. The van der Waals surface area contributed by atoms with E-state index in [0.717, 1.165) is 36.0 Å². The zero-order valence-corrected chi connectivity index (χ0v) is 23.7. The van der Waals surface area contributed by atoms with Crippen LogP contribution in [0.4, 0.5) is 22.0 Å². The van der Waals surface area contributed by atoms with Gasteiger partial charge in [0.05, 0.1) is 44.7 Å². The van der Waals surface area contributed by atoms with E-state index < -0.39 is 6.09 Å². The summed E-state index contributed by atoms with van der Waals surface area (Å²) in [6.45, 7) is 1.29. The standard InChI is InChI=1S/C30H27Cl2N5O4/c1-36(30(40)41)20-8-9-37(15-20)26-7-5-19(13-34-26)35-27-21-10-17(18-11-23(31)29(39)24(32)12-18)4-6-25(21)33-14-22(27)28(38)16-2-3-16/h4-7,10-14,16,20,39H,2-3,8-9,15H2,1H3,(H,33,35)(H,40,41). The van der Waals surface area contributed by atoms with Crippen LogP contribution in [0, 0.1) is 5.92 Å². The van der Waals surface area contributed by atoms with E-state index in [4.69, 9.17) is 23.2 Å². The first-order valence-electron chi connectivity index (χ1n) is 13.3. The quantitative estimate of drug-likeness (QED) is 0.200. The van der Waals surface area contributed by atoms with Gasteiger partial charge >= 0.3 is 6.09 Å². The largest absolute Gasteiger partial charge is 0.505 e. The number of amides is 1. The molecule has 0 spiro atoms. The van der Waals surface area contributed by atoms with E-state index >= 15 is 0 Å². The molecule has 1 unspecified atom stereocenters. The second kappa shape index (κ2) is 10.7.